The Bertz CT molecular complexity index is 141. The van der Waals surface area contributed by atoms with Crippen molar-refractivity contribution in [2.45, 2.75) is 12.1 Å². The Labute approximate surface area is 60.1 Å². The highest BCUT2D eigenvalue weighted by Crippen LogP contribution is 2.25. The molecule has 2 rings (SSSR count). The van der Waals surface area contributed by atoms with Gasteiger partial charge in [0.2, 0.25) is 0 Å². The van der Waals surface area contributed by atoms with E-state index in [4.69, 9.17) is 16.3 Å². The highest BCUT2D eigenvalue weighted by Gasteiger charge is 2.41. The standard InChI is InChI=1S/C6H13N3O/c7-5-3-10-6-2-9(8)1-4(5)6/h4-6H,1-3,7-8H2. The van der Waals surface area contributed by atoms with Crippen LogP contribution in [0.2, 0.25) is 0 Å². The molecule has 10 heavy (non-hydrogen) atoms. The third-order valence-electron chi connectivity index (χ3n) is 2.39. The third-order valence-corrected chi connectivity index (χ3v) is 2.39. The van der Waals surface area contributed by atoms with Crippen molar-refractivity contribution in [3.63, 3.8) is 0 Å². The third kappa shape index (κ3) is 0.845. The first-order chi connectivity index (χ1) is 4.77. The molecule has 0 saturated carbocycles. The summed E-state index contributed by atoms with van der Waals surface area (Å²) in [5, 5.41) is 1.79. The van der Waals surface area contributed by atoms with E-state index in [0.29, 0.717) is 18.6 Å². The summed E-state index contributed by atoms with van der Waals surface area (Å²) in [6.45, 7) is 2.45. The van der Waals surface area contributed by atoms with Crippen molar-refractivity contribution in [2.75, 3.05) is 19.7 Å². The van der Waals surface area contributed by atoms with Crippen LogP contribution in [-0.2, 0) is 4.74 Å². The second-order valence-corrected chi connectivity index (χ2v) is 3.15. The van der Waals surface area contributed by atoms with Crippen molar-refractivity contribution in [2.24, 2.45) is 17.5 Å². The van der Waals surface area contributed by atoms with E-state index in [0.717, 1.165) is 13.1 Å². The number of rotatable bonds is 0. The Balaban J connectivity index is 2.05. The molecule has 3 unspecified atom stereocenters. The van der Waals surface area contributed by atoms with Gasteiger partial charge in [-0.1, -0.05) is 0 Å². The van der Waals surface area contributed by atoms with Gasteiger partial charge in [-0.05, 0) is 0 Å². The average Bonchev–Trinajstić information content (AvgIpc) is 2.35. The van der Waals surface area contributed by atoms with E-state index in [1.54, 1.807) is 5.01 Å². The summed E-state index contributed by atoms with van der Waals surface area (Å²) >= 11 is 0. The van der Waals surface area contributed by atoms with E-state index in [1.807, 2.05) is 0 Å². The summed E-state index contributed by atoms with van der Waals surface area (Å²) in [6, 6.07) is 0.207. The number of nitrogens with zero attached hydrogens (tertiary/aromatic N) is 1. The van der Waals surface area contributed by atoms with Gasteiger partial charge in [-0.3, -0.25) is 5.84 Å². The fourth-order valence-corrected chi connectivity index (χ4v) is 1.78. The van der Waals surface area contributed by atoms with Crippen LogP contribution in [-0.4, -0.2) is 36.9 Å². The van der Waals surface area contributed by atoms with Gasteiger partial charge >= 0.3 is 0 Å². The molecule has 4 heteroatoms. The number of hydrogen-bond acceptors (Lipinski definition) is 4. The number of nitrogens with two attached hydrogens (primary N) is 2. The highest BCUT2D eigenvalue weighted by atomic mass is 16.5. The van der Waals surface area contributed by atoms with Crippen molar-refractivity contribution in [3.8, 4) is 0 Å². The summed E-state index contributed by atoms with van der Waals surface area (Å²) < 4.78 is 5.41. The molecule has 0 radical (unpaired) electrons. The monoisotopic (exact) mass is 143 g/mol. The van der Waals surface area contributed by atoms with Gasteiger partial charge in [0.25, 0.3) is 0 Å². The minimum atomic E-state index is 0.207. The fourth-order valence-electron chi connectivity index (χ4n) is 1.78. The zero-order valence-electron chi connectivity index (χ0n) is 5.86. The predicted octanol–water partition coefficient (Wildman–Crippen LogP) is -1.48. The van der Waals surface area contributed by atoms with Gasteiger partial charge in [-0.2, -0.15) is 0 Å². The van der Waals surface area contributed by atoms with E-state index in [9.17, 15) is 0 Å². The molecule has 2 aliphatic rings. The molecule has 58 valence electrons. The Morgan fingerprint density at radius 3 is 2.90 bits per heavy atom. The SMILES string of the molecule is NC1COC2CN(N)CC12. The minimum absolute atomic E-state index is 0.207. The lowest BCUT2D eigenvalue weighted by molar-refractivity contribution is 0.0982. The first-order valence-corrected chi connectivity index (χ1v) is 3.64. The first kappa shape index (κ1) is 6.54. The van der Waals surface area contributed by atoms with Gasteiger partial charge in [0, 0.05) is 25.0 Å². The molecule has 2 aliphatic heterocycles. The Morgan fingerprint density at radius 2 is 2.20 bits per heavy atom. The molecule has 2 fully saturated rings. The van der Waals surface area contributed by atoms with Crippen molar-refractivity contribution in [3.05, 3.63) is 0 Å². The Kier molecular flexibility index (Phi) is 1.42. The minimum Gasteiger partial charge on any atom is -0.375 e. The lowest BCUT2D eigenvalue weighted by Crippen LogP contribution is -2.35. The molecule has 2 heterocycles. The molecular formula is C6H13N3O. The van der Waals surface area contributed by atoms with Gasteiger partial charge in [0.15, 0.2) is 0 Å². The van der Waals surface area contributed by atoms with Crippen LogP contribution < -0.4 is 11.6 Å². The van der Waals surface area contributed by atoms with E-state index >= 15 is 0 Å². The van der Waals surface area contributed by atoms with E-state index in [-0.39, 0.29) is 6.04 Å². The van der Waals surface area contributed by atoms with Crippen LogP contribution >= 0.6 is 0 Å². The molecule has 4 nitrogen and oxygen atoms in total. The van der Waals surface area contributed by atoms with Crippen molar-refractivity contribution in [1.29, 1.82) is 0 Å². The molecule has 2 saturated heterocycles. The second kappa shape index (κ2) is 2.17. The molecule has 0 amide bonds. The van der Waals surface area contributed by atoms with Gasteiger partial charge in [0.1, 0.15) is 0 Å². The molecular weight excluding hydrogens is 130 g/mol. The molecule has 4 N–H and O–H groups in total. The smallest absolute Gasteiger partial charge is 0.0773 e. The lowest BCUT2D eigenvalue weighted by Gasteiger charge is -2.10. The van der Waals surface area contributed by atoms with Crippen molar-refractivity contribution in [1.82, 2.24) is 5.01 Å². The van der Waals surface area contributed by atoms with E-state index < -0.39 is 0 Å². The maximum absolute atomic E-state index is 5.77. The topological polar surface area (TPSA) is 64.5 Å². The second-order valence-electron chi connectivity index (χ2n) is 3.15. The average molecular weight is 143 g/mol. The molecule has 0 aliphatic carbocycles. The molecule has 0 aromatic heterocycles. The summed E-state index contributed by atoms with van der Waals surface area (Å²) in [5.74, 6) is 6.06. The molecule has 0 bridgehead atoms. The number of ether oxygens (including phenoxy) is 1. The Hall–Kier alpha value is -0.160. The number of fused-ring (bicyclic) bond motifs is 1. The van der Waals surface area contributed by atoms with E-state index in [1.165, 1.54) is 0 Å². The van der Waals surface area contributed by atoms with Crippen LogP contribution in [0.1, 0.15) is 0 Å². The predicted molar refractivity (Wildman–Crippen MR) is 37.0 cm³/mol. The van der Waals surface area contributed by atoms with Crippen molar-refractivity contribution >= 4 is 0 Å². The number of hydrazine groups is 1. The fraction of sp³-hybridized carbons (Fsp3) is 1.00. The summed E-state index contributed by atoms with van der Waals surface area (Å²) in [7, 11) is 0. The van der Waals surface area contributed by atoms with Crippen LogP contribution in [0.15, 0.2) is 0 Å². The van der Waals surface area contributed by atoms with Crippen LogP contribution in [0.3, 0.4) is 0 Å². The van der Waals surface area contributed by atoms with Gasteiger partial charge in [-0.15, -0.1) is 0 Å². The summed E-state index contributed by atoms with van der Waals surface area (Å²) in [5.41, 5.74) is 5.77. The molecule has 0 spiro atoms. The van der Waals surface area contributed by atoms with Crippen LogP contribution in [0, 0.1) is 5.92 Å². The molecule has 3 atom stereocenters. The van der Waals surface area contributed by atoms with Gasteiger partial charge < -0.3 is 10.5 Å². The molecule has 0 aromatic carbocycles. The first-order valence-electron chi connectivity index (χ1n) is 3.64. The quantitative estimate of drug-likeness (QED) is 0.406. The van der Waals surface area contributed by atoms with Crippen molar-refractivity contribution < 1.29 is 4.74 Å². The normalized spacial score (nSPS) is 48.0. The van der Waals surface area contributed by atoms with Crippen LogP contribution in [0.25, 0.3) is 0 Å². The Morgan fingerprint density at radius 1 is 1.40 bits per heavy atom. The largest absolute Gasteiger partial charge is 0.375 e. The van der Waals surface area contributed by atoms with Gasteiger partial charge in [-0.25, -0.2) is 5.01 Å². The van der Waals surface area contributed by atoms with Crippen LogP contribution in [0.4, 0.5) is 0 Å². The summed E-state index contributed by atoms with van der Waals surface area (Å²) in [4.78, 5) is 0. The highest BCUT2D eigenvalue weighted by molar-refractivity contribution is 4.93. The van der Waals surface area contributed by atoms with Gasteiger partial charge in [0.05, 0.1) is 12.7 Å². The lowest BCUT2D eigenvalue weighted by atomic mass is 10.0. The zero-order valence-corrected chi connectivity index (χ0v) is 5.86. The maximum Gasteiger partial charge on any atom is 0.0773 e. The number of hydrogen-bond donors (Lipinski definition) is 2. The molecule has 0 aromatic rings. The maximum atomic E-state index is 5.77. The summed E-state index contributed by atoms with van der Waals surface area (Å²) in [6.07, 6.45) is 0.306. The zero-order chi connectivity index (χ0) is 7.14. The van der Waals surface area contributed by atoms with E-state index in [2.05, 4.69) is 0 Å². The van der Waals surface area contributed by atoms with Crippen LogP contribution in [0.5, 0.6) is 0 Å².